The Kier molecular flexibility index (Phi) is 2.49. The SMILES string of the molecule is Cc1csc(N2CCC(C)(O)CC2)n1. The van der Waals surface area contributed by atoms with Gasteiger partial charge in [-0.1, -0.05) is 0 Å². The van der Waals surface area contributed by atoms with Gasteiger partial charge in [0.25, 0.3) is 0 Å². The van der Waals surface area contributed by atoms with Gasteiger partial charge in [0.15, 0.2) is 5.13 Å². The molecule has 0 amide bonds. The quantitative estimate of drug-likeness (QED) is 0.771. The van der Waals surface area contributed by atoms with Gasteiger partial charge in [0.2, 0.25) is 0 Å². The van der Waals surface area contributed by atoms with Crippen LogP contribution in [-0.4, -0.2) is 28.8 Å². The molecule has 1 fully saturated rings. The smallest absolute Gasteiger partial charge is 0.185 e. The number of aryl methyl sites for hydroxylation is 1. The highest BCUT2D eigenvalue weighted by Crippen LogP contribution is 2.27. The number of piperidine rings is 1. The van der Waals surface area contributed by atoms with E-state index in [2.05, 4.69) is 15.3 Å². The third-order valence-corrected chi connectivity index (χ3v) is 3.74. The van der Waals surface area contributed by atoms with Gasteiger partial charge in [0, 0.05) is 18.5 Å². The molecule has 0 unspecified atom stereocenters. The van der Waals surface area contributed by atoms with E-state index in [9.17, 15) is 5.11 Å². The van der Waals surface area contributed by atoms with Crippen molar-refractivity contribution in [2.45, 2.75) is 32.3 Å². The van der Waals surface area contributed by atoms with E-state index in [-0.39, 0.29) is 0 Å². The number of thiazole rings is 1. The van der Waals surface area contributed by atoms with E-state index < -0.39 is 5.60 Å². The maximum atomic E-state index is 9.80. The number of nitrogens with zero attached hydrogens (tertiary/aromatic N) is 2. The number of anilines is 1. The predicted molar refractivity (Wildman–Crippen MR) is 58.9 cm³/mol. The van der Waals surface area contributed by atoms with Crippen molar-refractivity contribution in [3.63, 3.8) is 0 Å². The number of hydrogen-bond donors (Lipinski definition) is 1. The lowest BCUT2D eigenvalue weighted by atomic mass is 9.94. The van der Waals surface area contributed by atoms with Crippen molar-refractivity contribution >= 4 is 16.5 Å². The zero-order valence-electron chi connectivity index (χ0n) is 8.66. The molecule has 1 aliphatic rings. The van der Waals surface area contributed by atoms with Gasteiger partial charge in [0.05, 0.1) is 11.3 Å². The molecule has 1 aromatic heterocycles. The molecule has 1 N–H and O–H groups in total. The Labute approximate surface area is 88.4 Å². The predicted octanol–water partition coefficient (Wildman–Crippen LogP) is 1.80. The summed E-state index contributed by atoms with van der Waals surface area (Å²) in [5.74, 6) is 0. The van der Waals surface area contributed by atoms with Crippen LogP contribution >= 0.6 is 11.3 Å². The van der Waals surface area contributed by atoms with Gasteiger partial charge in [-0.25, -0.2) is 4.98 Å². The molecule has 0 atom stereocenters. The zero-order chi connectivity index (χ0) is 10.2. The van der Waals surface area contributed by atoms with Crippen molar-refractivity contribution < 1.29 is 5.11 Å². The molecular weight excluding hydrogens is 196 g/mol. The van der Waals surface area contributed by atoms with Gasteiger partial charge < -0.3 is 10.0 Å². The second-order valence-electron chi connectivity index (χ2n) is 4.26. The molecule has 2 heterocycles. The first-order valence-corrected chi connectivity index (χ1v) is 5.84. The highest BCUT2D eigenvalue weighted by atomic mass is 32.1. The molecule has 0 radical (unpaired) electrons. The van der Waals surface area contributed by atoms with Gasteiger partial charge in [-0.2, -0.15) is 0 Å². The summed E-state index contributed by atoms with van der Waals surface area (Å²) in [6, 6.07) is 0. The van der Waals surface area contributed by atoms with Crippen LogP contribution in [0.2, 0.25) is 0 Å². The first-order valence-electron chi connectivity index (χ1n) is 4.96. The van der Waals surface area contributed by atoms with Crippen LogP contribution in [-0.2, 0) is 0 Å². The summed E-state index contributed by atoms with van der Waals surface area (Å²) < 4.78 is 0. The lowest BCUT2D eigenvalue weighted by Crippen LogP contribution is -2.42. The molecule has 1 saturated heterocycles. The van der Waals surface area contributed by atoms with Crippen molar-refractivity contribution in [3.05, 3.63) is 11.1 Å². The van der Waals surface area contributed by atoms with Crippen LogP contribution in [0.25, 0.3) is 0 Å². The van der Waals surface area contributed by atoms with Crippen LogP contribution in [0.15, 0.2) is 5.38 Å². The normalized spacial score (nSPS) is 21.2. The third kappa shape index (κ3) is 2.07. The van der Waals surface area contributed by atoms with Crippen LogP contribution in [0, 0.1) is 6.92 Å². The minimum Gasteiger partial charge on any atom is -0.390 e. The maximum absolute atomic E-state index is 9.80. The summed E-state index contributed by atoms with van der Waals surface area (Å²) in [6.45, 7) is 5.76. The summed E-state index contributed by atoms with van der Waals surface area (Å²) in [5, 5.41) is 13.0. The summed E-state index contributed by atoms with van der Waals surface area (Å²) in [5.41, 5.74) is 0.616. The van der Waals surface area contributed by atoms with E-state index in [1.165, 1.54) is 0 Å². The summed E-state index contributed by atoms with van der Waals surface area (Å²) in [6.07, 6.45) is 1.68. The summed E-state index contributed by atoms with van der Waals surface area (Å²) in [4.78, 5) is 6.70. The molecule has 14 heavy (non-hydrogen) atoms. The number of rotatable bonds is 1. The Bertz CT molecular complexity index is 312. The Hall–Kier alpha value is -0.610. The molecule has 0 saturated carbocycles. The van der Waals surface area contributed by atoms with Crippen molar-refractivity contribution in [1.29, 1.82) is 0 Å². The molecule has 4 heteroatoms. The van der Waals surface area contributed by atoms with Crippen molar-refractivity contribution in [3.8, 4) is 0 Å². The van der Waals surface area contributed by atoms with Crippen LogP contribution in [0.3, 0.4) is 0 Å². The first-order chi connectivity index (χ1) is 6.57. The van der Waals surface area contributed by atoms with E-state index in [1.807, 2.05) is 13.8 Å². The number of aromatic nitrogens is 1. The van der Waals surface area contributed by atoms with Gasteiger partial charge >= 0.3 is 0 Å². The largest absolute Gasteiger partial charge is 0.390 e. The molecule has 3 nitrogen and oxygen atoms in total. The second-order valence-corrected chi connectivity index (χ2v) is 5.09. The molecule has 0 aromatic carbocycles. The van der Waals surface area contributed by atoms with Gasteiger partial charge in [-0.3, -0.25) is 0 Å². The molecular formula is C10H16N2OS. The fraction of sp³-hybridized carbons (Fsp3) is 0.700. The Balaban J connectivity index is 2.02. The third-order valence-electron chi connectivity index (χ3n) is 2.72. The highest BCUT2D eigenvalue weighted by molar-refractivity contribution is 7.13. The molecule has 2 rings (SSSR count). The van der Waals surface area contributed by atoms with Gasteiger partial charge in [-0.15, -0.1) is 11.3 Å². The molecule has 0 bridgehead atoms. The average Bonchev–Trinajstić information content (AvgIpc) is 2.52. The molecule has 1 aromatic rings. The lowest BCUT2D eigenvalue weighted by molar-refractivity contribution is 0.0351. The van der Waals surface area contributed by atoms with E-state index in [0.717, 1.165) is 36.8 Å². The minimum atomic E-state index is -0.469. The number of hydrogen-bond acceptors (Lipinski definition) is 4. The minimum absolute atomic E-state index is 0.469. The first kappa shape index (κ1) is 9.93. The fourth-order valence-corrected chi connectivity index (χ4v) is 2.52. The topological polar surface area (TPSA) is 36.4 Å². The fourth-order valence-electron chi connectivity index (χ4n) is 1.67. The maximum Gasteiger partial charge on any atom is 0.185 e. The van der Waals surface area contributed by atoms with Gasteiger partial charge in [0.1, 0.15) is 0 Å². The van der Waals surface area contributed by atoms with Crippen molar-refractivity contribution in [2.75, 3.05) is 18.0 Å². The summed E-state index contributed by atoms with van der Waals surface area (Å²) in [7, 11) is 0. The van der Waals surface area contributed by atoms with Crippen molar-refractivity contribution in [1.82, 2.24) is 4.98 Å². The Morgan fingerprint density at radius 1 is 1.50 bits per heavy atom. The Morgan fingerprint density at radius 2 is 2.14 bits per heavy atom. The molecule has 0 spiro atoms. The number of aliphatic hydroxyl groups is 1. The van der Waals surface area contributed by atoms with Crippen LogP contribution in [0.1, 0.15) is 25.5 Å². The highest BCUT2D eigenvalue weighted by Gasteiger charge is 2.28. The molecule has 78 valence electrons. The van der Waals surface area contributed by atoms with Crippen LogP contribution in [0.4, 0.5) is 5.13 Å². The average molecular weight is 212 g/mol. The molecule has 1 aliphatic heterocycles. The lowest BCUT2D eigenvalue weighted by Gasteiger charge is -2.35. The molecule has 0 aliphatic carbocycles. The van der Waals surface area contributed by atoms with Crippen molar-refractivity contribution in [2.24, 2.45) is 0 Å². The van der Waals surface area contributed by atoms with E-state index in [4.69, 9.17) is 0 Å². The standard InChI is InChI=1S/C10H16N2OS/c1-8-7-14-9(11-8)12-5-3-10(2,13)4-6-12/h7,13H,3-6H2,1-2H3. The Morgan fingerprint density at radius 3 is 2.64 bits per heavy atom. The van der Waals surface area contributed by atoms with E-state index in [1.54, 1.807) is 11.3 Å². The van der Waals surface area contributed by atoms with Crippen LogP contribution in [0.5, 0.6) is 0 Å². The van der Waals surface area contributed by atoms with E-state index in [0.29, 0.717) is 0 Å². The second kappa shape index (κ2) is 3.51. The van der Waals surface area contributed by atoms with Crippen LogP contribution < -0.4 is 4.90 Å². The van der Waals surface area contributed by atoms with Gasteiger partial charge in [-0.05, 0) is 26.7 Å². The summed E-state index contributed by atoms with van der Waals surface area (Å²) >= 11 is 1.69. The zero-order valence-corrected chi connectivity index (χ0v) is 9.47. The van der Waals surface area contributed by atoms with E-state index >= 15 is 0 Å². The monoisotopic (exact) mass is 212 g/mol.